The number of rotatable bonds is 7. The lowest BCUT2D eigenvalue weighted by atomic mass is 10.0. The van der Waals surface area contributed by atoms with E-state index < -0.39 is 12.4 Å². The smallest absolute Gasteiger partial charge is 0.184 e. The van der Waals surface area contributed by atoms with Gasteiger partial charge in [0.2, 0.25) is 0 Å². The molecular weight excluding hydrogens is 204 g/mol. The number of hydrogen-bond acceptors (Lipinski definition) is 3. The number of hydrogen-bond donors (Lipinski definition) is 1. The number of unbranched alkanes of at least 4 members (excludes halogenated alkanes) is 5. The van der Waals surface area contributed by atoms with Gasteiger partial charge in [-0.3, -0.25) is 4.79 Å². The molecule has 16 heavy (non-hydrogen) atoms. The molecule has 92 valence electrons. The first kappa shape index (κ1) is 13.4. The molecule has 1 rings (SSSR count). The lowest BCUT2D eigenvalue weighted by molar-refractivity contribution is -0.149. The summed E-state index contributed by atoms with van der Waals surface area (Å²) in [7, 11) is 0. The van der Waals surface area contributed by atoms with Crippen molar-refractivity contribution in [1.82, 2.24) is 0 Å². The second kappa shape index (κ2) is 7.58. The summed E-state index contributed by atoms with van der Waals surface area (Å²) in [6.45, 7) is 2.20. The Morgan fingerprint density at radius 3 is 2.69 bits per heavy atom. The zero-order chi connectivity index (χ0) is 11.8. The molecule has 0 amide bonds. The molecule has 0 saturated heterocycles. The van der Waals surface area contributed by atoms with E-state index in [1.165, 1.54) is 37.8 Å². The number of carbonyl (C=O) groups is 1. The quantitative estimate of drug-likeness (QED) is 0.679. The van der Waals surface area contributed by atoms with E-state index in [4.69, 9.17) is 4.74 Å². The zero-order valence-electron chi connectivity index (χ0n) is 10.0. The van der Waals surface area contributed by atoms with Gasteiger partial charge >= 0.3 is 0 Å². The minimum atomic E-state index is -0.900. The fraction of sp³-hybridized carbons (Fsp3) is 0.769. The largest absolute Gasteiger partial charge is 0.365 e. The summed E-state index contributed by atoms with van der Waals surface area (Å²) in [4.78, 5) is 11.4. The number of aliphatic hydroxyl groups is 1. The molecule has 1 aliphatic heterocycles. The van der Waals surface area contributed by atoms with Crippen LogP contribution in [0.3, 0.4) is 0 Å². The molecule has 2 atom stereocenters. The second-order valence-electron chi connectivity index (χ2n) is 4.33. The van der Waals surface area contributed by atoms with Crippen molar-refractivity contribution in [2.75, 3.05) is 0 Å². The molecule has 0 aromatic carbocycles. The minimum Gasteiger partial charge on any atom is -0.365 e. The summed E-state index contributed by atoms with van der Waals surface area (Å²) in [6.07, 6.45) is 9.41. The number of aliphatic hydroxyl groups excluding tert-OH is 1. The van der Waals surface area contributed by atoms with E-state index in [-0.39, 0.29) is 5.78 Å². The molecule has 1 aliphatic rings. The van der Waals surface area contributed by atoms with Crippen LogP contribution < -0.4 is 0 Å². The Labute approximate surface area is 97.5 Å². The fourth-order valence-corrected chi connectivity index (χ4v) is 1.89. The Morgan fingerprint density at radius 1 is 1.25 bits per heavy atom. The number of ether oxygens (including phenoxy) is 1. The van der Waals surface area contributed by atoms with Crippen LogP contribution in [0.15, 0.2) is 12.2 Å². The van der Waals surface area contributed by atoms with Crippen LogP contribution in [0.1, 0.15) is 51.9 Å². The van der Waals surface area contributed by atoms with Crippen LogP contribution >= 0.6 is 0 Å². The first-order valence-corrected chi connectivity index (χ1v) is 6.29. The molecule has 1 N–H and O–H groups in total. The second-order valence-corrected chi connectivity index (χ2v) is 4.33. The average molecular weight is 226 g/mol. The minimum absolute atomic E-state index is 0.0149. The Balaban J connectivity index is 2.08. The summed E-state index contributed by atoms with van der Waals surface area (Å²) in [5.74, 6) is -0.0149. The van der Waals surface area contributed by atoms with E-state index in [1.807, 2.05) is 0 Å². The maximum atomic E-state index is 11.4. The van der Waals surface area contributed by atoms with Crippen molar-refractivity contribution in [2.24, 2.45) is 0 Å². The Morgan fingerprint density at radius 2 is 1.94 bits per heavy atom. The molecule has 0 fully saturated rings. The molecule has 0 aromatic rings. The molecule has 3 nitrogen and oxygen atoms in total. The molecule has 0 radical (unpaired) electrons. The van der Waals surface area contributed by atoms with E-state index >= 15 is 0 Å². The van der Waals surface area contributed by atoms with Gasteiger partial charge in [-0.1, -0.05) is 45.4 Å². The van der Waals surface area contributed by atoms with Gasteiger partial charge in [0.05, 0.1) is 0 Å². The first-order valence-electron chi connectivity index (χ1n) is 6.29. The fourth-order valence-electron chi connectivity index (χ4n) is 1.89. The SMILES string of the molecule is CCCCCCCC[C@@H]1OC(O)C=CC1=O. The van der Waals surface area contributed by atoms with E-state index in [1.54, 1.807) is 0 Å². The van der Waals surface area contributed by atoms with E-state index in [9.17, 15) is 9.90 Å². The summed E-state index contributed by atoms with van der Waals surface area (Å²) in [5.41, 5.74) is 0. The Hall–Kier alpha value is -0.670. The third-order valence-electron chi connectivity index (χ3n) is 2.87. The maximum Gasteiger partial charge on any atom is 0.184 e. The lowest BCUT2D eigenvalue weighted by Gasteiger charge is -2.21. The van der Waals surface area contributed by atoms with Crippen LogP contribution in [-0.4, -0.2) is 23.3 Å². The standard InChI is InChI=1S/C13H22O3/c1-2-3-4-5-6-7-8-12-11(14)9-10-13(15)16-12/h9-10,12-13,15H,2-8H2,1H3/t12-,13?/m0/s1. The van der Waals surface area contributed by atoms with Crippen molar-refractivity contribution >= 4 is 5.78 Å². The molecule has 0 bridgehead atoms. The summed E-state index contributed by atoms with van der Waals surface area (Å²) >= 11 is 0. The van der Waals surface area contributed by atoms with Crippen LogP contribution in [0.4, 0.5) is 0 Å². The van der Waals surface area contributed by atoms with Crippen molar-refractivity contribution in [3.8, 4) is 0 Å². The van der Waals surface area contributed by atoms with Crippen molar-refractivity contribution in [3.63, 3.8) is 0 Å². The summed E-state index contributed by atoms with van der Waals surface area (Å²) in [6, 6.07) is 0. The van der Waals surface area contributed by atoms with Gasteiger partial charge in [0.1, 0.15) is 6.10 Å². The van der Waals surface area contributed by atoms with Crippen LogP contribution in [-0.2, 0) is 9.53 Å². The third-order valence-corrected chi connectivity index (χ3v) is 2.87. The van der Waals surface area contributed by atoms with Gasteiger partial charge in [0, 0.05) is 0 Å². The van der Waals surface area contributed by atoms with Gasteiger partial charge in [-0.2, -0.15) is 0 Å². The maximum absolute atomic E-state index is 11.4. The average Bonchev–Trinajstić information content (AvgIpc) is 2.28. The van der Waals surface area contributed by atoms with Gasteiger partial charge in [-0.05, 0) is 18.6 Å². The number of carbonyl (C=O) groups excluding carboxylic acids is 1. The highest BCUT2D eigenvalue weighted by Crippen LogP contribution is 2.15. The highest BCUT2D eigenvalue weighted by atomic mass is 16.6. The van der Waals surface area contributed by atoms with E-state index in [0.717, 1.165) is 19.3 Å². The van der Waals surface area contributed by atoms with Gasteiger partial charge in [-0.15, -0.1) is 0 Å². The molecule has 3 heteroatoms. The number of ketones is 1. The Bertz CT molecular complexity index is 235. The molecule has 0 aliphatic carbocycles. The highest BCUT2D eigenvalue weighted by molar-refractivity contribution is 5.94. The zero-order valence-corrected chi connectivity index (χ0v) is 10.0. The summed E-state index contributed by atoms with van der Waals surface area (Å²) < 4.78 is 5.15. The van der Waals surface area contributed by atoms with Crippen molar-refractivity contribution in [1.29, 1.82) is 0 Å². The molecule has 1 heterocycles. The molecule has 0 spiro atoms. The third kappa shape index (κ3) is 4.90. The van der Waals surface area contributed by atoms with Crippen molar-refractivity contribution in [2.45, 2.75) is 64.3 Å². The van der Waals surface area contributed by atoms with Gasteiger partial charge < -0.3 is 9.84 Å². The predicted octanol–water partition coefficient (Wildman–Crippen LogP) is 2.58. The monoisotopic (exact) mass is 226 g/mol. The summed E-state index contributed by atoms with van der Waals surface area (Å²) in [5, 5.41) is 9.21. The van der Waals surface area contributed by atoms with Crippen LogP contribution in [0.5, 0.6) is 0 Å². The van der Waals surface area contributed by atoms with Crippen LogP contribution in [0.2, 0.25) is 0 Å². The molecule has 1 unspecified atom stereocenters. The molecule has 0 aromatic heterocycles. The highest BCUT2D eigenvalue weighted by Gasteiger charge is 2.22. The van der Waals surface area contributed by atoms with Gasteiger partial charge in [-0.25, -0.2) is 0 Å². The van der Waals surface area contributed by atoms with E-state index in [0.29, 0.717) is 0 Å². The van der Waals surface area contributed by atoms with Crippen LogP contribution in [0, 0.1) is 0 Å². The van der Waals surface area contributed by atoms with E-state index in [2.05, 4.69) is 6.92 Å². The van der Waals surface area contributed by atoms with Gasteiger partial charge in [0.15, 0.2) is 12.1 Å². The lowest BCUT2D eigenvalue weighted by Crippen LogP contribution is -2.31. The predicted molar refractivity (Wildman–Crippen MR) is 63.0 cm³/mol. The first-order chi connectivity index (χ1) is 7.74. The van der Waals surface area contributed by atoms with Crippen molar-refractivity contribution < 1.29 is 14.6 Å². The van der Waals surface area contributed by atoms with Gasteiger partial charge in [0.25, 0.3) is 0 Å². The topological polar surface area (TPSA) is 46.5 Å². The van der Waals surface area contributed by atoms with Crippen LogP contribution in [0.25, 0.3) is 0 Å². The molecule has 0 saturated carbocycles. The van der Waals surface area contributed by atoms with Crippen molar-refractivity contribution in [3.05, 3.63) is 12.2 Å². The molecular formula is C13H22O3. The normalized spacial score (nSPS) is 25.0. The Kier molecular flexibility index (Phi) is 6.34.